The second kappa shape index (κ2) is 6.47. The summed E-state index contributed by atoms with van der Waals surface area (Å²) in [6, 6.07) is 9.41. The van der Waals surface area contributed by atoms with Crippen molar-refractivity contribution in [1.82, 2.24) is 15.0 Å². The number of esters is 1. The van der Waals surface area contributed by atoms with Crippen LogP contribution in [-0.4, -0.2) is 26.5 Å². The van der Waals surface area contributed by atoms with Crippen molar-refractivity contribution in [2.75, 3.05) is 0 Å². The second-order valence-corrected chi connectivity index (χ2v) is 6.55. The number of hydrogen-bond acceptors (Lipinski definition) is 4. The molecule has 1 aromatic carbocycles. The molecular formula is C19H18FN3O2. The van der Waals surface area contributed by atoms with E-state index < -0.39 is 11.6 Å². The maximum atomic E-state index is 13.2. The van der Waals surface area contributed by atoms with Gasteiger partial charge in [-0.05, 0) is 57.2 Å². The van der Waals surface area contributed by atoms with Crippen LogP contribution in [0.1, 0.15) is 31.3 Å². The number of H-pyrrole nitrogens is 1. The highest BCUT2D eigenvalue weighted by Gasteiger charge is 2.25. The first-order valence-corrected chi connectivity index (χ1v) is 7.83. The van der Waals surface area contributed by atoms with Crippen LogP contribution in [0.5, 0.6) is 0 Å². The Kier molecular flexibility index (Phi) is 4.35. The Morgan fingerprint density at radius 1 is 1.04 bits per heavy atom. The lowest BCUT2D eigenvalue weighted by atomic mass is 10.1. The van der Waals surface area contributed by atoms with Crippen molar-refractivity contribution < 1.29 is 13.9 Å². The van der Waals surface area contributed by atoms with Gasteiger partial charge < -0.3 is 9.72 Å². The topological polar surface area (TPSA) is 67.9 Å². The van der Waals surface area contributed by atoms with Crippen molar-refractivity contribution in [3.8, 4) is 22.6 Å². The normalized spacial score (nSPS) is 11.4. The molecule has 0 fully saturated rings. The molecule has 0 saturated carbocycles. The zero-order chi connectivity index (χ0) is 18.0. The van der Waals surface area contributed by atoms with Crippen molar-refractivity contribution >= 4 is 5.97 Å². The van der Waals surface area contributed by atoms with E-state index in [9.17, 15) is 9.18 Å². The summed E-state index contributed by atoms with van der Waals surface area (Å²) in [5.74, 6) is -0.370. The van der Waals surface area contributed by atoms with Gasteiger partial charge in [-0.2, -0.15) is 0 Å². The minimum atomic E-state index is -0.631. The molecule has 0 radical (unpaired) electrons. The monoisotopic (exact) mass is 339 g/mol. The van der Waals surface area contributed by atoms with Crippen LogP contribution in [0.15, 0.2) is 48.8 Å². The standard InChI is InChI=1S/C19H18FN3O2/c1-19(2,3)25-18(24)16-15(12-8-10-21-11-9-12)22-17(23-16)13-4-6-14(20)7-5-13/h4-11H,1-3H3,(H,22,23). The van der Waals surface area contributed by atoms with Crippen molar-refractivity contribution in [3.05, 3.63) is 60.3 Å². The van der Waals surface area contributed by atoms with Crippen LogP contribution in [0.25, 0.3) is 22.6 Å². The number of imidazole rings is 1. The predicted molar refractivity (Wildman–Crippen MR) is 92.4 cm³/mol. The molecule has 2 heterocycles. The third-order valence-corrected chi connectivity index (χ3v) is 3.38. The molecule has 0 aliphatic heterocycles. The minimum Gasteiger partial charge on any atom is -0.455 e. The first-order chi connectivity index (χ1) is 11.8. The average molecular weight is 339 g/mol. The van der Waals surface area contributed by atoms with Gasteiger partial charge in [-0.15, -0.1) is 0 Å². The van der Waals surface area contributed by atoms with E-state index in [2.05, 4.69) is 15.0 Å². The van der Waals surface area contributed by atoms with Crippen LogP contribution >= 0.6 is 0 Å². The van der Waals surface area contributed by atoms with Crippen LogP contribution in [0.3, 0.4) is 0 Å². The minimum absolute atomic E-state index is 0.250. The summed E-state index contributed by atoms with van der Waals surface area (Å²) >= 11 is 0. The number of hydrogen-bond donors (Lipinski definition) is 1. The zero-order valence-corrected chi connectivity index (χ0v) is 14.2. The third kappa shape index (κ3) is 3.91. The number of nitrogens with zero attached hydrogens (tertiary/aromatic N) is 2. The lowest BCUT2D eigenvalue weighted by Crippen LogP contribution is -2.24. The number of carbonyl (C=O) groups excluding carboxylic acids is 1. The number of aromatic nitrogens is 3. The Balaban J connectivity index is 2.08. The van der Waals surface area contributed by atoms with Gasteiger partial charge in [0.2, 0.25) is 0 Å². The smallest absolute Gasteiger partial charge is 0.357 e. The fourth-order valence-electron chi connectivity index (χ4n) is 2.31. The lowest BCUT2D eigenvalue weighted by molar-refractivity contribution is 0.00645. The average Bonchev–Trinajstić information content (AvgIpc) is 3.00. The van der Waals surface area contributed by atoms with Gasteiger partial charge >= 0.3 is 5.97 Å². The number of rotatable bonds is 3. The van der Waals surface area contributed by atoms with Crippen molar-refractivity contribution in [1.29, 1.82) is 0 Å². The van der Waals surface area contributed by atoms with Crippen LogP contribution < -0.4 is 0 Å². The number of carbonyl (C=O) groups is 1. The van der Waals surface area contributed by atoms with Gasteiger partial charge in [0.25, 0.3) is 0 Å². The van der Waals surface area contributed by atoms with Gasteiger partial charge in [-0.3, -0.25) is 4.98 Å². The van der Waals surface area contributed by atoms with Gasteiger partial charge in [-0.1, -0.05) is 0 Å². The van der Waals surface area contributed by atoms with Gasteiger partial charge in [-0.25, -0.2) is 14.2 Å². The summed E-state index contributed by atoms with van der Waals surface area (Å²) < 4.78 is 18.6. The van der Waals surface area contributed by atoms with Crippen LogP contribution in [-0.2, 0) is 4.74 Å². The van der Waals surface area contributed by atoms with E-state index in [1.165, 1.54) is 12.1 Å². The largest absolute Gasteiger partial charge is 0.455 e. The number of ether oxygens (including phenoxy) is 1. The Hall–Kier alpha value is -3.02. The number of halogens is 1. The maximum absolute atomic E-state index is 13.2. The SMILES string of the molecule is CC(C)(C)OC(=O)c1[nH]c(-c2ccc(F)cc2)nc1-c1ccncc1. The van der Waals surface area contributed by atoms with Crippen molar-refractivity contribution in [3.63, 3.8) is 0 Å². The summed E-state index contributed by atoms with van der Waals surface area (Å²) in [7, 11) is 0. The molecule has 25 heavy (non-hydrogen) atoms. The maximum Gasteiger partial charge on any atom is 0.357 e. The molecule has 2 aromatic heterocycles. The summed E-state index contributed by atoms with van der Waals surface area (Å²) in [6.07, 6.45) is 3.25. The lowest BCUT2D eigenvalue weighted by Gasteiger charge is -2.19. The Morgan fingerprint density at radius 2 is 1.68 bits per heavy atom. The molecule has 5 nitrogen and oxygen atoms in total. The molecule has 0 amide bonds. The molecule has 6 heteroatoms. The van der Waals surface area contributed by atoms with E-state index >= 15 is 0 Å². The molecule has 0 spiro atoms. The Morgan fingerprint density at radius 3 is 2.28 bits per heavy atom. The van der Waals surface area contributed by atoms with Crippen molar-refractivity contribution in [2.45, 2.75) is 26.4 Å². The molecule has 0 bridgehead atoms. The molecule has 0 aliphatic rings. The number of aromatic amines is 1. The quantitative estimate of drug-likeness (QED) is 0.725. The van der Waals surface area contributed by atoms with Gasteiger partial charge in [0.15, 0.2) is 5.69 Å². The van der Waals surface area contributed by atoms with Crippen LogP contribution in [0.2, 0.25) is 0 Å². The zero-order valence-electron chi connectivity index (χ0n) is 14.2. The summed E-state index contributed by atoms with van der Waals surface area (Å²) in [6.45, 7) is 5.40. The van der Waals surface area contributed by atoms with E-state index in [1.54, 1.807) is 57.4 Å². The van der Waals surface area contributed by atoms with Crippen LogP contribution in [0, 0.1) is 5.82 Å². The van der Waals surface area contributed by atoms with Crippen molar-refractivity contribution in [2.24, 2.45) is 0 Å². The molecule has 128 valence electrons. The molecular weight excluding hydrogens is 321 g/mol. The summed E-state index contributed by atoms with van der Waals surface area (Å²) in [5, 5.41) is 0. The first-order valence-electron chi connectivity index (χ1n) is 7.83. The number of pyridine rings is 1. The number of benzene rings is 1. The molecule has 3 rings (SSSR count). The summed E-state index contributed by atoms with van der Waals surface area (Å²) in [4.78, 5) is 24.1. The van der Waals surface area contributed by atoms with Gasteiger partial charge in [0, 0.05) is 23.5 Å². The second-order valence-electron chi connectivity index (χ2n) is 6.55. The van der Waals surface area contributed by atoms with Gasteiger partial charge in [0.1, 0.15) is 22.9 Å². The predicted octanol–water partition coefficient (Wildman–Crippen LogP) is 4.23. The van der Waals surface area contributed by atoms with E-state index in [1.807, 2.05) is 0 Å². The molecule has 0 aliphatic carbocycles. The molecule has 3 aromatic rings. The Bertz CT molecular complexity index is 881. The highest BCUT2D eigenvalue weighted by atomic mass is 19.1. The van der Waals surface area contributed by atoms with E-state index in [4.69, 9.17) is 4.74 Å². The first kappa shape index (κ1) is 16.8. The molecule has 0 atom stereocenters. The summed E-state index contributed by atoms with van der Waals surface area (Å²) in [5.41, 5.74) is 1.50. The highest BCUT2D eigenvalue weighted by Crippen LogP contribution is 2.27. The highest BCUT2D eigenvalue weighted by molar-refractivity contribution is 5.95. The molecule has 0 saturated heterocycles. The van der Waals surface area contributed by atoms with E-state index in [-0.39, 0.29) is 11.5 Å². The van der Waals surface area contributed by atoms with E-state index in [0.717, 1.165) is 5.56 Å². The third-order valence-electron chi connectivity index (χ3n) is 3.38. The fraction of sp³-hybridized carbons (Fsp3) is 0.211. The molecule has 1 N–H and O–H groups in total. The fourth-order valence-corrected chi connectivity index (χ4v) is 2.31. The number of nitrogens with one attached hydrogen (secondary N) is 1. The van der Waals surface area contributed by atoms with Crippen LogP contribution in [0.4, 0.5) is 4.39 Å². The Labute approximate surface area is 144 Å². The van der Waals surface area contributed by atoms with Gasteiger partial charge in [0.05, 0.1) is 0 Å². The molecule has 0 unspecified atom stereocenters. The van der Waals surface area contributed by atoms with E-state index in [0.29, 0.717) is 17.1 Å².